The van der Waals surface area contributed by atoms with Crippen molar-refractivity contribution in [1.82, 2.24) is 0 Å². The number of ether oxygens (including phenoxy) is 1. The fraction of sp³-hybridized carbons (Fsp3) is 0.579. The van der Waals surface area contributed by atoms with E-state index in [1.54, 1.807) is 6.07 Å². The van der Waals surface area contributed by atoms with E-state index in [2.05, 4.69) is 6.92 Å². The molecule has 3 aliphatic carbocycles. The van der Waals surface area contributed by atoms with Gasteiger partial charge in [-0.2, -0.15) is 0 Å². The molecule has 0 aromatic heterocycles. The predicted molar refractivity (Wildman–Crippen MR) is 84.9 cm³/mol. The van der Waals surface area contributed by atoms with Crippen LogP contribution in [0.25, 0.3) is 0 Å². The third-order valence-electron chi connectivity index (χ3n) is 6.62. The van der Waals surface area contributed by atoms with E-state index >= 15 is 0 Å². The number of hydrogen-bond donors (Lipinski definition) is 1. The van der Waals surface area contributed by atoms with Gasteiger partial charge in [0.15, 0.2) is 17.3 Å². The number of phenolic OH excluding ortho intramolecular Hbond substituents is 1. The third-order valence-corrected chi connectivity index (χ3v) is 6.62. The molecule has 0 unspecified atom stereocenters. The van der Waals surface area contributed by atoms with Crippen molar-refractivity contribution in [2.24, 2.45) is 17.3 Å². The summed E-state index contributed by atoms with van der Waals surface area (Å²) in [7, 11) is 1.52. The van der Waals surface area contributed by atoms with Crippen molar-refractivity contribution in [1.29, 1.82) is 0 Å². The number of methoxy groups -OCH3 is 1. The summed E-state index contributed by atoms with van der Waals surface area (Å²) in [6.45, 7) is 2.10. The maximum atomic E-state index is 12.6. The molecule has 0 radical (unpaired) electrons. The molecule has 0 bridgehead atoms. The first-order chi connectivity index (χ1) is 11.0. The lowest BCUT2D eigenvalue weighted by molar-refractivity contribution is -0.129. The lowest BCUT2D eigenvalue weighted by Crippen LogP contribution is -2.43. The van der Waals surface area contributed by atoms with E-state index in [1.807, 2.05) is 6.07 Å². The Morgan fingerprint density at radius 3 is 2.78 bits per heavy atom. The highest BCUT2D eigenvalue weighted by Gasteiger charge is 2.55. The van der Waals surface area contributed by atoms with Crippen LogP contribution in [0.4, 0.5) is 0 Å². The van der Waals surface area contributed by atoms with Gasteiger partial charge in [-0.3, -0.25) is 9.59 Å². The van der Waals surface area contributed by atoms with Crippen LogP contribution in [0.2, 0.25) is 0 Å². The van der Waals surface area contributed by atoms with Crippen LogP contribution in [-0.2, 0) is 4.79 Å². The van der Waals surface area contributed by atoms with Crippen LogP contribution in [0.15, 0.2) is 12.1 Å². The van der Waals surface area contributed by atoms with Crippen molar-refractivity contribution < 1.29 is 19.4 Å². The normalized spacial score (nSPS) is 35.5. The molecule has 4 nitrogen and oxygen atoms in total. The van der Waals surface area contributed by atoms with Crippen molar-refractivity contribution in [2.75, 3.05) is 7.11 Å². The zero-order valence-electron chi connectivity index (χ0n) is 13.6. The average molecular weight is 314 g/mol. The van der Waals surface area contributed by atoms with Gasteiger partial charge in [0.2, 0.25) is 0 Å². The Kier molecular flexibility index (Phi) is 3.09. The molecule has 122 valence electrons. The Hall–Kier alpha value is -1.84. The van der Waals surface area contributed by atoms with E-state index in [0.29, 0.717) is 41.8 Å². The molecule has 4 heteroatoms. The number of Topliss-reactive ketones (excluding diaryl/α,β-unsaturated/α-hetero) is 2. The molecular weight excluding hydrogens is 292 g/mol. The number of rotatable bonds is 1. The molecule has 3 aliphatic rings. The quantitative estimate of drug-likeness (QED) is 0.862. The highest BCUT2D eigenvalue weighted by molar-refractivity contribution is 6.00. The van der Waals surface area contributed by atoms with E-state index in [4.69, 9.17) is 4.74 Å². The van der Waals surface area contributed by atoms with Crippen molar-refractivity contribution in [3.8, 4) is 11.5 Å². The Bertz CT molecular complexity index is 708. The van der Waals surface area contributed by atoms with Crippen molar-refractivity contribution in [3.63, 3.8) is 0 Å². The summed E-state index contributed by atoms with van der Waals surface area (Å²) in [5, 5.41) is 9.98. The number of carbonyl (C=O) groups is 2. The van der Waals surface area contributed by atoms with E-state index < -0.39 is 0 Å². The fourth-order valence-electron chi connectivity index (χ4n) is 5.35. The first kappa shape index (κ1) is 14.7. The molecule has 0 heterocycles. The maximum absolute atomic E-state index is 12.6. The zero-order valence-corrected chi connectivity index (χ0v) is 13.6. The van der Waals surface area contributed by atoms with Crippen molar-refractivity contribution in [3.05, 3.63) is 23.3 Å². The summed E-state index contributed by atoms with van der Waals surface area (Å²) in [6, 6.07) is 3.39. The molecule has 4 rings (SSSR count). The summed E-state index contributed by atoms with van der Waals surface area (Å²) < 4.78 is 5.23. The zero-order chi connectivity index (χ0) is 16.4. The van der Waals surface area contributed by atoms with Crippen LogP contribution in [0.3, 0.4) is 0 Å². The first-order valence-electron chi connectivity index (χ1n) is 8.43. The second kappa shape index (κ2) is 4.83. The number of fused-ring (bicyclic) bond motifs is 5. The number of phenols is 1. The number of carbonyl (C=O) groups excluding carboxylic acids is 2. The summed E-state index contributed by atoms with van der Waals surface area (Å²) in [5.74, 6) is 1.76. The van der Waals surface area contributed by atoms with E-state index in [9.17, 15) is 14.7 Å². The number of benzene rings is 1. The molecule has 0 amide bonds. The highest BCUT2D eigenvalue weighted by Crippen LogP contribution is 2.60. The van der Waals surface area contributed by atoms with E-state index in [-0.39, 0.29) is 22.9 Å². The topological polar surface area (TPSA) is 63.6 Å². The minimum atomic E-state index is -0.236. The van der Waals surface area contributed by atoms with Crippen LogP contribution >= 0.6 is 0 Å². The standard InChI is InChI=1S/C19H22O4/c1-19-6-5-10-11-9-17(23-2)16(21)8-13(11)15(20)7-12(10)14(19)3-4-18(19)22/h8-10,12,14,21H,3-7H2,1-2H3/t10-,12-,14+,19+/m1/s1. The molecule has 23 heavy (non-hydrogen) atoms. The SMILES string of the molecule is COc1cc2c(cc1O)C(=O)C[C@@H]1[C@@H]2CC[C@]2(C)C(=O)CC[C@@H]12. The lowest BCUT2D eigenvalue weighted by Gasteiger charge is -2.47. The molecule has 1 N–H and O–H groups in total. The van der Waals surface area contributed by atoms with Gasteiger partial charge < -0.3 is 9.84 Å². The van der Waals surface area contributed by atoms with Crippen molar-refractivity contribution >= 4 is 11.6 Å². The monoisotopic (exact) mass is 314 g/mol. The lowest BCUT2D eigenvalue weighted by atomic mass is 9.55. The van der Waals surface area contributed by atoms with Gasteiger partial charge in [0.1, 0.15) is 5.78 Å². The highest BCUT2D eigenvalue weighted by atomic mass is 16.5. The van der Waals surface area contributed by atoms with Gasteiger partial charge in [-0.05, 0) is 54.7 Å². The predicted octanol–water partition coefficient (Wildman–Crippen LogP) is 3.47. The number of hydrogen-bond acceptors (Lipinski definition) is 4. The van der Waals surface area contributed by atoms with Crippen LogP contribution < -0.4 is 4.74 Å². The molecule has 0 spiro atoms. The van der Waals surface area contributed by atoms with Gasteiger partial charge in [0.05, 0.1) is 7.11 Å². The molecule has 0 saturated heterocycles. The molecular formula is C19H22O4. The maximum Gasteiger partial charge on any atom is 0.163 e. The minimum Gasteiger partial charge on any atom is -0.504 e. The molecule has 0 aliphatic heterocycles. The molecule has 2 fully saturated rings. The van der Waals surface area contributed by atoms with Crippen LogP contribution in [0.5, 0.6) is 11.5 Å². The van der Waals surface area contributed by atoms with Gasteiger partial charge in [-0.25, -0.2) is 0 Å². The Morgan fingerprint density at radius 2 is 2.04 bits per heavy atom. The second-order valence-corrected chi connectivity index (χ2v) is 7.53. The average Bonchev–Trinajstić information content (AvgIpc) is 2.83. The second-order valence-electron chi connectivity index (χ2n) is 7.53. The Balaban J connectivity index is 1.80. The van der Waals surface area contributed by atoms with Gasteiger partial charge >= 0.3 is 0 Å². The summed E-state index contributed by atoms with van der Waals surface area (Å²) >= 11 is 0. The fourth-order valence-corrected chi connectivity index (χ4v) is 5.35. The van der Waals surface area contributed by atoms with E-state index in [1.165, 1.54) is 7.11 Å². The minimum absolute atomic E-state index is 0.0229. The smallest absolute Gasteiger partial charge is 0.163 e. The van der Waals surface area contributed by atoms with Crippen molar-refractivity contribution in [2.45, 2.75) is 44.9 Å². The largest absolute Gasteiger partial charge is 0.504 e. The molecule has 4 atom stereocenters. The third kappa shape index (κ3) is 1.90. The van der Waals surface area contributed by atoms with Gasteiger partial charge in [0, 0.05) is 23.8 Å². The Labute approximate surface area is 135 Å². The number of aromatic hydroxyl groups is 1. The van der Waals surface area contributed by atoms with E-state index in [0.717, 1.165) is 24.8 Å². The molecule has 2 saturated carbocycles. The first-order valence-corrected chi connectivity index (χ1v) is 8.43. The van der Waals surface area contributed by atoms with Gasteiger partial charge in [0.25, 0.3) is 0 Å². The summed E-state index contributed by atoms with van der Waals surface area (Å²) in [6.07, 6.45) is 3.89. The van der Waals surface area contributed by atoms with Gasteiger partial charge in [-0.15, -0.1) is 0 Å². The van der Waals surface area contributed by atoms with Crippen LogP contribution in [-0.4, -0.2) is 23.8 Å². The molecule has 1 aromatic carbocycles. The van der Waals surface area contributed by atoms with Crippen LogP contribution in [0.1, 0.15) is 60.9 Å². The Morgan fingerprint density at radius 1 is 1.26 bits per heavy atom. The summed E-state index contributed by atoms with van der Waals surface area (Å²) in [5.41, 5.74) is 1.40. The number of ketones is 2. The van der Waals surface area contributed by atoms with Gasteiger partial charge in [-0.1, -0.05) is 6.92 Å². The molecule has 1 aromatic rings. The summed E-state index contributed by atoms with van der Waals surface area (Å²) in [4.78, 5) is 25.0. The van der Waals surface area contributed by atoms with Crippen LogP contribution in [0, 0.1) is 17.3 Å².